The lowest BCUT2D eigenvalue weighted by Gasteiger charge is -2.33. The predicted octanol–water partition coefficient (Wildman–Crippen LogP) is 3.12. The highest BCUT2D eigenvalue weighted by Crippen LogP contribution is 2.23. The van der Waals surface area contributed by atoms with E-state index >= 15 is 0 Å². The first-order valence-electron chi connectivity index (χ1n) is 9.89. The molecule has 0 unspecified atom stereocenters. The quantitative estimate of drug-likeness (QED) is 0.683. The van der Waals surface area contributed by atoms with Crippen LogP contribution in [0.3, 0.4) is 0 Å². The van der Waals surface area contributed by atoms with E-state index in [0.29, 0.717) is 32.7 Å². The minimum Gasteiger partial charge on any atom is -0.465 e. The molecular formula is C22H27N3O3. The standard InChI is InChI=1S/C22H27N3O3/c1-17-6-7-21(28-17)20(25-12-14-27-15-13-25)16-23-22(26)9-11-24-10-8-18-4-2-3-5-19(18)24/h2-8,10,20H,9,11-16H2,1H3,(H,23,26)/t20-/m0/s1. The number of benzene rings is 1. The molecule has 28 heavy (non-hydrogen) atoms. The molecule has 2 aromatic heterocycles. The summed E-state index contributed by atoms with van der Waals surface area (Å²) >= 11 is 0. The molecule has 0 aliphatic carbocycles. The van der Waals surface area contributed by atoms with Crippen LogP contribution in [0.5, 0.6) is 0 Å². The molecule has 1 aromatic carbocycles. The number of aryl methyl sites for hydroxylation is 2. The predicted molar refractivity (Wildman–Crippen MR) is 108 cm³/mol. The first-order valence-corrected chi connectivity index (χ1v) is 9.89. The number of nitrogens with zero attached hydrogens (tertiary/aromatic N) is 2. The number of carbonyl (C=O) groups excluding carboxylic acids is 1. The molecule has 0 saturated carbocycles. The number of ether oxygens (including phenoxy) is 1. The smallest absolute Gasteiger partial charge is 0.221 e. The van der Waals surface area contributed by atoms with E-state index in [4.69, 9.17) is 9.15 Å². The number of morpholine rings is 1. The van der Waals surface area contributed by atoms with Crippen molar-refractivity contribution >= 4 is 16.8 Å². The summed E-state index contributed by atoms with van der Waals surface area (Å²) in [6.07, 6.45) is 2.49. The molecule has 6 nitrogen and oxygen atoms in total. The van der Waals surface area contributed by atoms with Crippen LogP contribution in [0.25, 0.3) is 10.9 Å². The monoisotopic (exact) mass is 381 g/mol. The van der Waals surface area contributed by atoms with Gasteiger partial charge >= 0.3 is 0 Å². The maximum Gasteiger partial charge on any atom is 0.221 e. The first kappa shape index (κ1) is 18.8. The van der Waals surface area contributed by atoms with Gasteiger partial charge in [-0.05, 0) is 36.6 Å². The number of amides is 1. The number of hydrogen-bond donors (Lipinski definition) is 1. The number of nitrogens with one attached hydrogen (secondary N) is 1. The Hall–Kier alpha value is -2.57. The van der Waals surface area contributed by atoms with Crippen LogP contribution < -0.4 is 5.32 Å². The zero-order valence-corrected chi connectivity index (χ0v) is 16.3. The van der Waals surface area contributed by atoms with Crippen molar-refractivity contribution < 1.29 is 13.9 Å². The fourth-order valence-electron chi connectivity index (χ4n) is 3.79. The Balaban J connectivity index is 1.35. The molecule has 0 radical (unpaired) electrons. The highest BCUT2D eigenvalue weighted by Gasteiger charge is 2.25. The highest BCUT2D eigenvalue weighted by atomic mass is 16.5. The van der Waals surface area contributed by atoms with Gasteiger partial charge in [-0.15, -0.1) is 0 Å². The summed E-state index contributed by atoms with van der Waals surface area (Å²) in [6.45, 7) is 6.26. The van der Waals surface area contributed by atoms with E-state index in [2.05, 4.69) is 33.0 Å². The van der Waals surface area contributed by atoms with Gasteiger partial charge in [0.25, 0.3) is 0 Å². The molecule has 6 heteroatoms. The number of aromatic nitrogens is 1. The van der Waals surface area contributed by atoms with Crippen molar-refractivity contribution in [1.82, 2.24) is 14.8 Å². The van der Waals surface area contributed by atoms with Crippen LogP contribution in [0, 0.1) is 6.92 Å². The summed E-state index contributed by atoms with van der Waals surface area (Å²) in [4.78, 5) is 14.8. The largest absolute Gasteiger partial charge is 0.465 e. The molecule has 148 valence electrons. The summed E-state index contributed by atoms with van der Waals surface area (Å²) in [5, 5.41) is 4.30. The Morgan fingerprint density at radius 3 is 2.75 bits per heavy atom. The van der Waals surface area contributed by atoms with E-state index in [-0.39, 0.29) is 11.9 Å². The van der Waals surface area contributed by atoms with E-state index in [1.54, 1.807) is 0 Å². The molecule has 0 spiro atoms. The lowest BCUT2D eigenvalue weighted by Crippen LogP contribution is -2.43. The summed E-state index contributed by atoms with van der Waals surface area (Å²) in [7, 11) is 0. The molecule has 1 aliphatic heterocycles. The molecule has 3 aromatic rings. The van der Waals surface area contributed by atoms with Crippen molar-refractivity contribution in [1.29, 1.82) is 0 Å². The van der Waals surface area contributed by atoms with E-state index in [9.17, 15) is 4.79 Å². The second-order valence-electron chi connectivity index (χ2n) is 7.23. The third-order valence-electron chi connectivity index (χ3n) is 5.33. The van der Waals surface area contributed by atoms with Gasteiger partial charge in [0.15, 0.2) is 0 Å². The van der Waals surface area contributed by atoms with Crippen molar-refractivity contribution in [3.8, 4) is 0 Å². The second-order valence-corrected chi connectivity index (χ2v) is 7.23. The zero-order chi connectivity index (χ0) is 19.3. The molecule has 1 N–H and O–H groups in total. The van der Waals surface area contributed by atoms with Crippen LogP contribution in [0.2, 0.25) is 0 Å². The molecule has 1 atom stereocenters. The van der Waals surface area contributed by atoms with Gasteiger partial charge in [-0.1, -0.05) is 18.2 Å². The van der Waals surface area contributed by atoms with Gasteiger partial charge in [0.2, 0.25) is 5.91 Å². The maximum atomic E-state index is 12.5. The van der Waals surface area contributed by atoms with Crippen molar-refractivity contribution in [3.05, 3.63) is 60.2 Å². The van der Waals surface area contributed by atoms with Crippen molar-refractivity contribution in [2.24, 2.45) is 0 Å². The second kappa shape index (κ2) is 8.63. The maximum absolute atomic E-state index is 12.5. The van der Waals surface area contributed by atoms with Gasteiger partial charge in [0, 0.05) is 44.3 Å². The lowest BCUT2D eigenvalue weighted by molar-refractivity contribution is -0.121. The number of fused-ring (bicyclic) bond motifs is 1. The lowest BCUT2D eigenvalue weighted by atomic mass is 10.1. The molecule has 3 heterocycles. The number of rotatable bonds is 7. The first-order chi connectivity index (χ1) is 13.7. The number of furan rings is 1. The number of para-hydroxylation sites is 1. The van der Waals surface area contributed by atoms with Gasteiger partial charge in [-0.2, -0.15) is 0 Å². The minimum absolute atomic E-state index is 0.0361. The molecule has 4 rings (SSSR count). The Morgan fingerprint density at radius 2 is 1.96 bits per heavy atom. The summed E-state index contributed by atoms with van der Waals surface area (Å²) < 4.78 is 13.5. The van der Waals surface area contributed by atoms with E-state index in [1.165, 1.54) is 5.39 Å². The van der Waals surface area contributed by atoms with Crippen LogP contribution in [0.4, 0.5) is 0 Å². The molecule has 1 saturated heterocycles. The summed E-state index contributed by atoms with van der Waals surface area (Å²) in [6, 6.07) is 14.3. The number of hydrogen-bond acceptors (Lipinski definition) is 4. The van der Waals surface area contributed by atoms with E-state index in [1.807, 2.05) is 37.4 Å². The zero-order valence-electron chi connectivity index (χ0n) is 16.3. The third kappa shape index (κ3) is 4.29. The molecule has 1 aliphatic rings. The van der Waals surface area contributed by atoms with Gasteiger partial charge in [0.05, 0.1) is 19.3 Å². The summed E-state index contributed by atoms with van der Waals surface area (Å²) in [5.74, 6) is 1.84. The van der Waals surface area contributed by atoms with Crippen LogP contribution in [-0.4, -0.2) is 48.2 Å². The fourth-order valence-corrected chi connectivity index (χ4v) is 3.79. The number of carbonyl (C=O) groups is 1. The topological polar surface area (TPSA) is 59.6 Å². The Labute approximate surface area is 165 Å². The summed E-state index contributed by atoms with van der Waals surface area (Å²) in [5.41, 5.74) is 1.16. The van der Waals surface area contributed by atoms with E-state index in [0.717, 1.165) is 30.1 Å². The van der Waals surface area contributed by atoms with Crippen molar-refractivity contribution in [2.75, 3.05) is 32.8 Å². The fraction of sp³-hybridized carbons (Fsp3) is 0.409. The average Bonchev–Trinajstić information content (AvgIpc) is 3.34. The Bertz CT molecular complexity index is 924. The van der Waals surface area contributed by atoms with Crippen LogP contribution >= 0.6 is 0 Å². The van der Waals surface area contributed by atoms with Crippen molar-refractivity contribution in [3.63, 3.8) is 0 Å². The molecule has 1 amide bonds. The van der Waals surface area contributed by atoms with Gasteiger partial charge in [-0.25, -0.2) is 0 Å². The highest BCUT2D eigenvalue weighted by molar-refractivity contribution is 5.80. The third-order valence-corrected chi connectivity index (χ3v) is 5.33. The van der Waals surface area contributed by atoms with Gasteiger partial charge in [0.1, 0.15) is 11.5 Å². The van der Waals surface area contributed by atoms with Gasteiger partial charge < -0.3 is 19.0 Å². The van der Waals surface area contributed by atoms with Crippen molar-refractivity contribution in [2.45, 2.75) is 25.9 Å². The SMILES string of the molecule is Cc1ccc([C@H](CNC(=O)CCn2ccc3ccccc32)N2CCOCC2)o1. The van der Waals surface area contributed by atoms with Crippen LogP contribution in [0.15, 0.2) is 53.1 Å². The van der Waals surface area contributed by atoms with Crippen LogP contribution in [-0.2, 0) is 16.1 Å². The average molecular weight is 381 g/mol. The normalized spacial score (nSPS) is 16.3. The van der Waals surface area contributed by atoms with E-state index < -0.39 is 0 Å². The molecule has 1 fully saturated rings. The minimum atomic E-state index is 0.0361. The van der Waals surface area contributed by atoms with Crippen LogP contribution in [0.1, 0.15) is 24.0 Å². The Kier molecular flexibility index (Phi) is 5.78. The molecule has 0 bridgehead atoms. The van der Waals surface area contributed by atoms with Gasteiger partial charge in [-0.3, -0.25) is 9.69 Å². The Morgan fingerprint density at radius 1 is 1.14 bits per heavy atom. The molecular weight excluding hydrogens is 354 g/mol.